The van der Waals surface area contributed by atoms with Crippen LogP contribution < -0.4 is 10.1 Å². The van der Waals surface area contributed by atoms with Crippen molar-refractivity contribution in [2.75, 3.05) is 19.7 Å². The van der Waals surface area contributed by atoms with Crippen molar-refractivity contribution in [1.82, 2.24) is 10.2 Å². The molecule has 6 heteroatoms. The lowest BCUT2D eigenvalue weighted by Gasteiger charge is -2.20. The highest BCUT2D eigenvalue weighted by Crippen LogP contribution is 2.22. The van der Waals surface area contributed by atoms with Gasteiger partial charge in [-0.3, -0.25) is 0 Å². The van der Waals surface area contributed by atoms with Gasteiger partial charge in [-0.25, -0.2) is 4.79 Å². The summed E-state index contributed by atoms with van der Waals surface area (Å²) in [6.07, 6.45) is 0. The van der Waals surface area contributed by atoms with E-state index < -0.39 is 0 Å². The number of rotatable bonds is 7. The zero-order valence-electron chi connectivity index (χ0n) is 13.3. The molecule has 23 heavy (non-hydrogen) atoms. The lowest BCUT2D eigenvalue weighted by atomic mass is 10.2. The van der Waals surface area contributed by atoms with Crippen molar-refractivity contribution in [1.29, 1.82) is 0 Å². The molecule has 1 aromatic carbocycles. The van der Waals surface area contributed by atoms with E-state index in [0.717, 1.165) is 20.5 Å². The van der Waals surface area contributed by atoms with Gasteiger partial charge in [-0.05, 0) is 43.7 Å². The standard InChI is InChI=1S/C17H21ClN2O2S/c1-3-20(12-15-7-8-16(18)23-15)17(21)19-9-10-22-14-6-4-5-13(2)11-14/h4-8,11H,3,9-10,12H2,1-2H3,(H,19,21). The Morgan fingerprint density at radius 3 is 2.83 bits per heavy atom. The lowest BCUT2D eigenvalue weighted by Crippen LogP contribution is -2.40. The Bertz CT molecular complexity index is 645. The molecule has 0 spiro atoms. The molecule has 0 fully saturated rings. The SMILES string of the molecule is CCN(Cc1ccc(Cl)s1)C(=O)NCCOc1cccc(C)c1. The minimum Gasteiger partial charge on any atom is -0.492 e. The number of hydrogen-bond donors (Lipinski definition) is 1. The summed E-state index contributed by atoms with van der Waals surface area (Å²) in [4.78, 5) is 15.0. The predicted octanol–water partition coefficient (Wildman–Crippen LogP) is 4.32. The molecule has 0 aliphatic carbocycles. The maximum atomic E-state index is 12.2. The molecule has 0 bridgehead atoms. The van der Waals surface area contributed by atoms with Crippen LogP contribution in [0, 0.1) is 6.92 Å². The molecular weight excluding hydrogens is 332 g/mol. The Morgan fingerprint density at radius 1 is 1.35 bits per heavy atom. The fraction of sp³-hybridized carbons (Fsp3) is 0.353. The first kappa shape index (κ1) is 17.6. The molecule has 1 N–H and O–H groups in total. The van der Waals surface area contributed by atoms with Crippen LogP contribution in [0.25, 0.3) is 0 Å². The van der Waals surface area contributed by atoms with Gasteiger partial charge in [-0.15, -0.1) is 11.3 Å². The Kier molecular flexibility index (Phi) is 6.74. The Balaban J connectivity index is 1.74. The molecule has 4 nitrogen and oxygen atoms in total. The summed E-state index contributed by atoms with van der Waals surface area (Å²) in [5.41, 5.74) is 1.15. The van der Waals surface area contributed by atoms with Crippen molar-refractivity contribution >= 4 is 29.0 Å². The molecule has 2 amide bonds. The van der Waals surface area contributed by atoms with Gasteiger partial charge in [0.2, 0.25) is 0 Å². The summed E-state index contributed by atoms with van der Waals surface area (Å²) < 4.78 is 6.36. The first-order valence-corrected chi connectivity index (χ1v) is 8.74. The van der Waals surface area contributed by atoms with Gasteiger partial charge in [0.1, 0.15) is 12.4 Å². The highest BCUT2D eigenvalue weighted by Gasteiger charge is 2.12. The first-order chi connectivity index (χ1) is 11.1. The number of amides is 2. The second kappa shape index (κ2) is 8.79. The summed E-state index contributed by atoms with van der Waals surface area (Å²) >= 11 is 7.42. The number of carbonyl (C=O) groups is 1. The zero-order valence-corrected chi connectivity index (χ0v) is 14.9. The smallest absolute Gasteiger partial charge is 0.317 e. The van der Waals surface area contributed by atoms with Crippen LogP contribution in [0.15, 0.2) is 36.4 Å². The van der Waals surface area contributed by atoms with E-state index in [-0.39, 0.29) is 6.03 Å². The fourth-order valence-corrected chi connectivity index (χ4v) is 3.20. The van der Waals surface area contributed by atoms with Crippen molar-refractivity contribution in [3.8, 4) is 5.75 Å². The summed E-state index contributed by atoms with van der Waals surface area (Å²) in [6.45, 7) is 6.09. The van der Waals surface area contributed by atoms with Gasteiger partial charge in [0, 0.05) is 11.4 Å². The lowest BCUT2D eigenvalue weighted by molar-refractivity contribution is 0.195. The third-order valence-electron chi connectivity index (χ3n) is 3.28. The van der Waals surface area contributed by atoms with Crippen molar-refractivity contribution in [2.24, 2.45) is 0 Å². The summed E-state index contributed by atoms with van der Waals surface area (Å²) in [5.74, 6) is 0.819. The third kappa shape index (κ3) is 5.77. The number of halogens is 1. The van der Waals surface area contributed by atoms with Crippen LogP contribution in [0.1, 0.15) is 17.4 Å². The van der Waals surface area contributed by atoms with Crippen LogP contribution >= 0.6 is 22.9 Å². The molecule has 0 aliphatic rings. The number of aryl methyl sites for hydroxylation is 1. The highest BCUT2D eigenvalue weighted by molar-refractivity contribution is 7.16. The maximum absolute atomic E-state index is 12.2. The number of ether oxygens (including phenoxy) is 1. The number of benzene rings is 1. The average Bonchev–Trinajstić information content (AvgIpc) is 2.94. The van der Waals surface area contributed by atoms with Gasteiger partial charge in [-0.2, -0.15) is 0 Å². The molecule has 124 valence electrons. The van der Waals surface area contributed by atoms with E-state index in [0.29, 0.717) is 26.2 Å². The molecule has 1 heterocycles. The maximum Gasteiger partial charge on any atom is 0.317 e. The van der Waals surface area contributed by atoms with Gasteiger partial charge in [-0.1, -0.05) is 23.7 Å². The molecule has 2 rings (SSSR count). The van der Waals surface area contributed by atoms with Gasteiger partial charge in [0.15, 0.2) is 0 Å². The van der Waals surface area contributed by atoms with Crippen molar-refractivity contribution in [2.45, 2.75) is 20.4 Å². The Labute approximate surface area is 146 Å². The molecule has 0 aliphatic heterocycles. The van der Waals surface area contributed by atoms with Crippen LogP contribution in [0.2, 0.25) is 4.34 Å². The van der Waals surface area contributed by atoms with E-state index in [9.17, 15) is 4.79 Å². The zero-order chi connectivity index (χ0) is 16.7. The van der Waals surface area contributed by atoms with E-state index in [2.05, 4.69) is 5.32 Å². The molecule has 0 unspecified atom stereocenters. The van der Waals surface area contributed by atoms with E-state index >= 15 is 0 Å². The monoisotopic (exact) mass is 352 g/mol. The van der Waals surface area contributed by atoms with Gasteiger partial charge in [0.25, 0.3) is 0 Å². The van der Waals surface area contributed by atoms with Gasteiger partial charge in [0.05, 0.1) is 17.4 Å². The van der Waals surface area contributed by atoms with Crippen molar-refractivity contribution < 1.29 is 9.53 Å². The van der Waals surface area contributed by atoms with Gasteiger partial charge >= 0.3 is 6.03 Å². The van der Waals surface area contributed by atoms with Crippen LogP contribution in [0.3, 0.4) is 0 Å². The predicted molar refractivity (Wildman–Crippen MR) is 95.5 cm³/mol. The summed E-state index contributed by atoms with van der Waals surface area (Å²) in [5, 5.41) is 2.88. The summed E-state index contributed by atoms with van der Waals surface area (Å²) in [6, 6.07) is 11.6. The minimum atomic E-state index is -0.0927. The summed E-state index contributed by atoms with van der Waals surface area (Å²) in [7, 11) is 0. The number of thiophene rings is 1. The Morgan fingerprint density at radius 2 is 2.17 bits per heavy atom. The largest absolute Gasteiger partial charge is 0.492 e. The minimum absolute atomic E-state index is 0.0927. The molecular formula is C17H21ClN2O2S. The van der Waals surface area contributed by atoms with Crippen LogP contribution in [0.4, 0.5) is 4.79 Å². The number of carbonyl (C=O) groups excluding carboxylic acids is 1. The fourth-order valence-electron chi connectivity index (χ4n) is 2.10. The van der Waals surface area contributed by atoms with E-state index in [4.69, 9.17) is 16.3 Å². The van der Waals surface area contributed by atoms with E-state index in [1.807, 2.05) is 50.2 Å². The second-order valence-electron chi connectivity index (χ2n) is 5.12. The molecule has 0 atom stereocenters. The second-order valence-corrected chi connectivity index (χ2v) is 6.92. The van der Waals surface area contributed by atoms with E-state index in [1.54, 1.807) is 4.90 Å². The normalized spacial score (nSPS) is 10.4. The topological polar surface area (TPSA) is 41.6 Å². The van der Waals surface area contributed by atoms with Gasteiger partial charge < -0.3 is 15.0 Å². The van der Waals surface area contributed by atoms with Crippen LogP contribution in [-0.2, 0) is 6.54 Å². The first-order valence-electron chi connectivity index (χ1n) is 7.55. The third-order valence-corrected chi connectivity index (χ3v) is 4.50. The number of nitrogens with one attached hydrogen (secondary N) is 1. The molecule has 0 saturated heterocycles. The highest BCUT2D eigenvalue weighted by atomic mass is 35.5. The number of nitrogens with zero attached hydrogens (tertiary/aromatic N) is 1. The molecule has 0 radical (unpaired) electrons. The molecule has 2 aromatic rings. The quantitative estimate of drug-likeness (QED) is 0.754. The van der Waals surface area contributed by atoms with Crippen LogP contribution in [0.5, 0.6) is 5.75 Å². The van der Waals surface area contributed by atoms with E-state index in [1.165, 1.54) is 11.3 Å². The van der Waals surface area contributed by atoms with Crippen molar-refractivity contribution in [3.63, 3.8) is 0 Å². The molecule has 1 aromatic heterocycles. The number of urea groups is 1. The number of hydrogen-bond acceptors (Lipinski definition) is 3. The van der Waals surface area contributed by atoms with Crippen LogP contribution in [-0.4, -0.2) is 30.6 Å². The average molecular weight is 353 g/mol. The molecule has 0 saturated carbocycles. The van der Waals surface area contributed by atoms with Crippen molar-refractivity contribution in [3.05, 3.63) is 51.2 Å². The Hall–Kier alpha value is -1.72.